The summed E-state index contributed by atoms with van der Waals surface area (Å²) < 4.78 is 24.8. The Balaban J connectivity index is 2.17. The van der Waals surface area contributed by atoms with Gasteiger partial charge in [-0.25, -0.2) is 0 Å². The van der Waals surface area contributed by atoms with Crippen LogP contribution in [-0.2, 0) is 16.1 Å². The van der Waals surface area contributed by atoms with E-state index in [1.807, 2.05) is 19.1 Å². The molecule has 0 saturated carbocycles. The number of aliphatic hydroxyl groups is 1. The second-order valence-corrected chi connectivity index (χ2v) is 22.9. The Morgan fingerprint density at radius 3 is 2.06 bits per heavy atom. The molecular formula is C28H48O4Sn. The Hall–Kier alpha value is -0.561. The van der Waals surface area contributed by atoms with Gasteiger partial charge in [-0.05, 0) is 0 Å². The predicted molar refractivity (Wildman–Crippen MR) is 141 cm³/mol. The Morgan fingerprint density at radius 2 is 1.58 bits per heavy atom. The molecule has 2 rings (SSSR count). The zero-order valence-corrected chi connectivity index (χ0v) is 24.6. The molecule has 0 amide bonds. The van der Waals surface area contributed by atoms with Crippen molar-refractivity contribution in [2.24, 2.45) is 0 Å². The molecular weight excluding hydrogens is 519 g/mol. The summed E-state index contributed by atoms with van der Waals surface area (Å²) in [5, 5.41) is 9.83. The fraction of sp³-hybridized carbons (Fsp3) is 0.714. The first-order valence-electron chi connectivity index (χ1n) is 13.2. The van der Waals surface area contributed by atoms with Gasteiger partial charge in [-0.15, -0.1) is 0 Å². The molecule has 0 unspecified atom stereocenters. The maximum absolute atomic E-state index is 9.83. The summed E-state index contributed by atoms with van der Waals surface area (Å²) in [4.78, 5) is 0. The van der Waals surface area contributed by atoms with Crippen molar-refractivity contribution in [3.8, 4) is 5.75 Å². The van der Waals surface area contributed by atoms with Gasteiger partial charge in [-0.3, -0.25) is 0 Å². The van der Waals surface area contributed by atoms with E-state index < -0.39 is 18.4 Å². The Bertz CT molecular complexity index is 651. The van der Waals surface area contributed by atoms with Gasteiger partial charge in [0.15, 0.2) is 0 Å². The predicted octanol–water partition coefficient (Wildman–Crippen LogP) is 7.06. The van der Waals surface area contributed by atoms with E-state index in [0.717, 1.165) is 11.3 Å². The molecule has 188 valence electrons. The van der Waals surface area contributed by atoms with Crippen molar-refractivity contribution in [1.29, 1.82) is 0 Å². The first-order chi connectivity index (χ1) is 16.0. The average Bonchev–Trinajstić information content (AvgIpc) is 3.57. The van der Waals surface area contributed by atoms with Crippen LogP contribution in [0.1, 0.15) is 78.2 Å². The van der Waals surface area contributed by atoms with Crippen LogP contribution in [0.15, 0.2) is 34.4 Å². The van der Waals surface area contributed by atoms with Gasteiger partial charge in [-0.1, -0.05) is 0 Å². The molecule has 0 radical (unpaired) electrons. The number of benzene rings is 1. The van der Waals surface area contributed by atoms with Crippen molar-refractivity contribution in [1.82, 2.24) is 0 Å². The van der Waals surface area contributed by atoms with E-state index in [4.69, 9.17) is 14.2 Å². The molecule has 1 fully saturated rings. The fourth-order valence-electron chi connectivity index (χ4n) is 4.66. The molecule has 1 aliphatic heterocycles. The van der Waals surface area contributed by atoms with E-state index in [2.05, 4.69) is 43.1 Å². The number of epoxide rings is 1. The third-order valence-corrected chi connectivity index (χ3v) is 21.0. The van der Waals surface area contributed by atoms with Crippen molar-refractivity contribution >= 4 is 18.4 Å². The first kappa shape index (κ1) is 28.7. The van der Waals surface area contributed by atoms with Crippen LogP contribution < -0.4 is 4.74 Å². The van der Waals surface area contributed by atoms with Crippen molar-refractivity contribution in [3.63, 3.8) is 0 Å². The number of methoxy groups -OCH3 is 1. The molecule has 4 nitrogen and oxygen atoms in total. The second kappa shape index (κ2) is 15.4. The maximum atomic E-state index is 9.83. The summed E-state index contributed by atoms with van der Waals surface area (Å²) in [6.45, 7) is 9.35. The minimum absolute atomic E-state index is 0.0446. The van der Waals surface area contributed by atoms with Crippen molar-refractivity contribution in [3.05, 3.63) is 40.0 Å². The van der Waals surface area contributed by atoms with Crippen LogP contribution in [0.2, 0.25) is 13.3 Å². The van der Waals surface area contributed by atoms with E-state index in [1.54, 1.807) is 7.11 Å². The minimum atomic E-state index is -2.39. The molecule has 1 saturated heterocycles. The van der Waals surface area contributed by atoms with E-state index >= 15 is 0 Å². The average molecular weight is 567 g/mol. The normalized spacial score (nSPS) is 20.2. The van der Waals surface area contributed by atoms with Crippen LogP contribution in [0.4, 0.5) is 0 Å². The first-order valence-corrected chi connectivity index (χ1v) is 20.9. The summed E-state index contributed by atoms with van der Waals surface area (Å²) in [5.41, 5.74) is 1.14. The molecule has 1 aromatic rings. The van der Waals surface area contributed by atoms with Crippen LogP contribution in [-0.4, -0.2) is 55.0 Å². The van der Waals surface area contributed by atoms with Gasteiger partial charge in [0.2, 0.25) is 0 Å². The summed E-state index contributed by atoms with van der Waals surface area (Å²) in [6.07, 6.45) is 10.7. The molecule has 0 aliphatic carbocycles. The Morgan fingerprint density at radius 1 is 1.00 bits per heavy atom. The molecule has 33 heavy (non-hydrogen) atoms. The standard InChI is InChI=1S/C16H21O4.3C4H9.Sn/c1-4-14(16-15(20-16)9-11(2)17)19-10-12-5-7-13(18-3)8-6-12;3*1-3-4-2;/h1,4-8,11,14-17H,9-10H2,2-3H3;3*1,3-4H2,2H3;/t11-,14-,15+,16+;;;;/m0..../s1. The summed E-state index contributed by atoms with van der Waals surface area (Å²) in [5.74, 6) is 0.861. The monoisotopic (exact) mass is 568 g/mol. The summed E-state index contributed by atoms with van der Waals surface area (Å²) in [7, 11) is 1.69. The molecule has 0 spiro atoms. The number of ether oxygens (including phenoxy) is 3. The van der Waals surface area contributed by atoms with Crippen LogP contribution in [0.25, 0.3) is 0 Å². The van der Waals surface area contributed by atoms with Gasteiger partial charge in [0.25, 0.3) is 0 Å². The molecule has 1 heterocycles. The van der Waals surface area contributed by atoms with Gasteiger partial charge in [0.05, 0.1) is 0 Å². The number of hydrogen-bond donors (Lipinski definition) is 1. The SMILES string of the molecule is CCC[CH2][Sn](/[CH]=C/[C@H](OCc1ccc(OC)cc1)[C@H]1O[C@@H]1C[C@H](C)O)([CH2]CCC)[CH2]CCC. The zero-order valence-electron chi connectivity index (χ0n) is 21.7. The molecule has 1 aromatic carbocycles. The van der Waals surface area contributed by atoms with Crippen LogP contribution in [0.5, 0.6) is 5.75 Å². The third-order valence-electron chi connectivity index (χ3n) is 6.84. The van der Waals surface area contributed by atoms with Crippen molar-refractivity contribution < 1.29 is 19.3 Å². The molecule has 5 heteroatoms. The van der Waals surface area contributed by atoms with Crippen LogP contribution >= 0.6 is 0 Å². The molecule has 0 bridgehead atoms. The second-order valence-electron chi connectivity index (χ2n) is 9.88. The Labute approximate surface area is 207 Å². The summed E-state index contributed by atoms with van der Waals surface area (Å²) >= 11 is -2.39. The Kier molecular flexibility index (Phi) is 13.4. The van der Waals surface area contributed by atoms with Crippen molar-refractivity contribution in [2.45, 2.75) is 117 Å². The zero-order chi connectivity index (χ0) is 24.1. The number of aliphatic hydroxyl groups excluding tert-OH is 1. The molecule has 4 atom stereocenters. The van der Waals surface area contributed by atoms with E-state index in [1.165, 1.54) is 51.8 Å². The fourth-order valence-corrected chi connectivity index (χ4v) is 19.0. The van der Waals surface area contributed by atoms with Gasteiger partial charge in [0.1, 0.15) is 0 Å². The molecule has 1 N–H and O–H groups in total. The van der Waals surface area contributed by atoms with Crippen LogP contribution in [0, 0.1) is 0 Å². The number of hydrogen-bond acceptors (Lipinski definition) is 4. The quantitative estimate of drug-likeness (QED) is 0.152. The van der Waals surface area contributed by atoms with Gasteiger partial charge in [-0.2, -0.15) is 0 Å². The number of rotatable bonds is 18. The van der Waals surface area contributed by atoms with Crippen molar-refractivity contribution in [2.75, 3.05) is 7.11 Å². The summed E-state index contributed by atoms with van der Waals surface area (Å²) in [6, 6.07) is 8.09. The van der Waals surface area contributed by atoms with Gasteiger partial charge >= 0.3 is 208 Å². The third kappa shape index (κ3) is 10.3. The van der Waals surface area contributed by atoms with E-state index in [0.29, 0.717) is 13.0 Å². The van der Waals surface area contributed by atoms with Crippen LogP contribution in [0.3, 0.4) is 0 Å². The van der Waals surface area contributed by atoms with Gasteiger partial charge < -0.3 is 0 Å². The van der Waals surface area contributed by atoms with Gasteiger partial charge in [0, 0.05) is 0 Å². The topological polar surface area (TPSA) is 51.2 Å². The van der Waals surface area contributed by atoms with E-state index in [9.17, 15) is 5.11 Å². The number of unbranched alkanes of at least 4 members (excludes halogenated alkanes) is 3. The van der Waals surface area contributed by atoms with E-state index in [-0.39, 0.29) is 24.4 Å². The molecule has 0 aromatic heterocycles. The molecule has 1 aliphatic rings.